The largest absolute Gasteiger partial charge is 0.378 e. The van der Waals surface area contributed by atoms with Crippen molar-refractivity contribution in [2.24, 2.45) is 0 Å². The van der Waals surface area contributed by atoms with Crippen LogP contribution >= 0.6 is 0 Å². The van der Waals surface area contributed by atoms with Crippen molar-refractivity contribution in [3.05, 3.63) is 59.7 Å². The highest BCUT2D eigenvalue weighted by Crippen LogP contribution is 2.33. The minimum atomic E-state index is 0.0169. The highest BCUT2D eigenvalue weighted by molar-refractivity contribution is 5.97. The van der Waals surface area contributed by atoms with Gasteiger partial charge in [0.25, 0.3) is 0 Å². The Morgan fingerprint density at radius 3 is 2.30 bits per heavy atom. The summed E-state index contributed by atoms with van der Waals surface area (Å²) in [6, 6.07) is 17.3. The van der Waals surface area contributed by atoms with E-state index in [4.69, 9.17) is 4.74 Å². The van der Waals surface area contributed by atoms with Crippen LogP contribution in [0.2, 0.25) is 0 Å². The Morgan fingerprint density at radius 2 is 1.63 bits per heavy atom. The molecule has 5 rings (SSSR count). The predicted octanol–water partition coefficient (Wildman–Crippen LogP) is 2.31. The third kappa shape index (κ3) is 3.45. The zero-order valence-corrected chi connectivity index (χ0v) is 15.4. The minimum absolute atomic E-state index is 0.0169. The fourth-order valence-corrected chi connectivity index (χ4v) is 4.36. The number of carbonyl (C=O) groups excluding carboxylic acids is 1. The van der Waals surface area contributed by atoms with Gasteiger partial charge in [0.05, 0.1) is 13.2 Å². The molecule has 2 atom stereocenters. The fourth-order valence-electron chi connectivity index (χ4n) is 4.36. The van der Waals surface area contributed by atoms with Crippen LogP contribution in [-0.2, 0) is 22.4 Å². The minimum Gasteiger partial charge on any atom is -0.378 e. The molecule has 2 aromatic rings. The number of benzene rings is 2. The van der Waals surface area contributed by atoms with E-state index in [1.165, 1.54) is 16.8 Å². The molecule has 1 aliphatic carbocycles. The van der Waals surface area contributed by atoms with Crippen molar-refractivity contribution in [3.8, 4) is 0 Å². The van der Waals surface area contributed by atoms with Crippen molar-refractivity contribution in [2.75, 3.05) is 43.1 Å². The number of rotatable bonds is 4. The molecular weight excluding hydrogens is 338 g/mol. The lowest BCUT2D eigenvalue weighted by atomic mass is 10.1. The molecule has 2 saturated heterocycles. The summed E-state index contributed by atoms with van der Waals surface area (Å²) >= 11 is 0. The summed E-state index contributed by atoms with van der Waals surface area (Å²) < 4.78 is 5.40. The van der Waals surface area contributed by atoms with Crippen molar-refractivity contribution in [1.82, 2.24) is 4.90 Å². The van der Waals surface area contributed by atoms with Gasteiger partial charge >= 0.3 is 0 Å². The lowest BCUT2D eigenvalue weighted by Gasteiger charge is -2.28. The first-order valence-electron chi connectivity index (χ1n) is 9.84. The van der Waals surface area contributed by atoms with Crippen LogP contribution in [0.3, 0.4) is 0 Å². The van der Waals surface area contributed by atoms with Gasteiger partial charge < -0.3 is 15.0 Å². The van der Waals surface area contributed by atoms with E-state index in [0.717, 1.165) is 51.4 Å². The summed E-state index contributed by atoms with van der Waals surface area (Å²) in [5.41, 5.74) is 4.94. The molecule has 2 aromatic carbocycles. The number of nitrogens with one attached hydrogen (secondary N) is 1. The molecule has 0 radical (unpaired) electrons. The fraction of sp³-hybridized carbons (Fsp3) is 0.409. The van der Waals surface area contributed by atoms with Gasteiger partial charge in [-0.15, -0.1) is 0 Å². The maximum absolute atomic E-state index is 12.6. The van der Waals surface area contributed by atoms with Crippen LogP contribution in [0.15, 0.2) is 48.5 Å². The standard InChI is InChI=1S/C22H25N3O2/c26-22(21-15-25(21)20-13-16-3-1-2-4-17(16)14-20)23-18-5-7-19(8-6-18)24-9-11-27-12-10-24/h1-8,20-21H,9-15H2,(H,23,26). The maximum atomic E-state index is 12.6. The molecule has 0 aromatic heterocycles. The number of morpholine rings is 1. The molecule has 0 saturated carbocycles. The molecule has 2 fully saturated rings. The second-order valence-electron chi connectivity index (χ2n) is 7.68. The van der Waals surface area contributed by atoms with E-state index in [1.807, 2.05) is 12.1 Å². The van der Waals surface area contributed by atoms with E-state index in [0.29, 0.717) is 6.04 Å². The van der Waals surface area contributed by atoms with Crippen molar-refractivity contribution in [3.63, 3.8) is 0 Å². The monoisotopic (exact) mass is 363 g/mol. The van der Waals surface area contributed by atoms with Gasteiger partial charge in [0.15, 0.2) is 0 Å². The molecule has 5 nitrogen and oxygen atoms in total. The smallest absolute Gasteiger partial charge is 0.243 e. The molecule has 2 unspecified atom stereocenters. The molecule has 1 N–H and O–H groups in total. The first-order valence-corrected chi connectivity index (χ1v) is 9.84. The summed E-state index contributed by atoms with van der Waals surface area (Å²) in [6.07, 6.45) is 2.13. The number of amides is 1. The van der Waals surface area contributed by atoms with Gasteiger partial charge in [-0.2, -0.15) is 0 Å². The average molecular weight is 363 g/mol. The molecule has 0 bridgehead atoms. The summed E-state index contributed by atoms with van der Waals surface area (Å²) in [4.78, 5) is 17.3. The number of hydrogen-bond donors (Lipinski definition) is 1. The van der Waals surface area contributed by atoms with E-state index in [9.17, 15) is 4.79 Å². The molecule has 140 valence electrons. The molecule has 0 spiro atoms. The zero-order valence-electron chi connectivity index (χ0n) is 15.4. The van der Waals surface area contributed by atoms with Crippen LogP contribution in [0.4, 0.5) is 11.4 Å². The van der Waals surface area contributed by atoms with Crippen molar-refractivity contribution >= 4 is 17.3 Å². The van der Waals surface area contributed by atoms with Crippen molar-refractivity contribution in [2.45, 2.75) is 24.9 Å². The van der Waals surface area contributed by atoms with Crippen LogP contribution in [0.1, 0.15) is 11.1 Å². The summed E-state index contributed by atoms with van der Waals surface area (Å²) in [6.45, 7) is 4.28. The summed E-state index contributed by atoms with van der Waals surface area (Å²) in [5, 5.41) is 3.08. The Hall–Kier alpha value is -2.37. The van der Waals surface area contributed by atoms with Gasteiger partial charge in [0.1, 0.15) is 6.04 Å². The Labute approximate surface area is 159 Å². The number of nitrogens with zero attached hydrogens (tertiary/aromatic N) is 2. The number of carbonyl (C=O) groups is 1. The molecule has 1 amide bonds. The highest BCUT2D eigenvalue weighted by atomic mass is 16.5. The third-order valence-electron chi connectivity index (χ3n) is 5.96. The number of hydrogen-bond acceptors (Lipinski definition) is 4. The maximum Gasteiger partial charge on any atom is 0.243 e. The highest BCUT2D eigenvalue weighted by Gasteiger charge is 2.46. The molecule has 5 heteroatoms. The molecule has 3 aliphatic rings. The van der Waals surface area contributed by atoms with Crippen LogP contribution in [-0.4, -0.2) is 55.7 Å². The first-order chi connectivity index (χ1) is 13.3. The van der Waals surface area contributed by atoms with Gasteiger partial charge in [0.2, 0.25) is 5.91 Å². The van der Waals surface area contributed by atoms with Gasteiger partial charge in [-0.05, 0) is 48.2 Å². The molecular formula is C22H25N3O2. The SMILES string of the molecule is O=C(Nc1ccc(N2CCOCC2)cc1)C1CN1C1Cc2ccccc2C1. The Bertz CT molecular complexity index is 805. The van der Waals surface area contributed by atoms with Crippen LogP contribution in [0, 0.1) is 0 Å². The topological polar surface area (TPSA) is 44.6 Å². The summed E-state index contributed by atoms with van der Waals surface area (Å²) in [7, 11) is 0. The zero-order chi connectivity index (χ0) is 18.2. The van der Waals surface area contributed by atoms with Crippen LogP contribution < -0.4 is 10.2 Å². The van der Waals surface area contributed by atoms with E-state index >= 15 is 0 Å². The van der Waals surface area contributed by atoms with Crippen LogP contribution in [0.5, 0.6) is 0 Å². The van der Waals surface area contributed by atoms with Crippen molar-refractivity contribution in [1.29, 1.82) is 0 Å². The van der Waals surface area contributed by atoms with Gasteiger partial charge in [-0.1, -0.05) is 24.3 Å². The Kier molecular flexibility index (Phi) is 4.34. The van der Waals surface area contributed by atoms with Gasteiger partial charge in [-0.3, -0.25) is 9.69 Å². The van der Waals surface area contributed by atoms with E-state index in [-0.39, 0.29) is 11.9 Å². The molecule has 27 heavy (non-hydrogen) atoms. The lowest BCUT2D eigenvalue weighted by molar-refractivity contribution is -0.116. The van der Waals surface area contributed by atoms with Crippen molar-refractivity contribution < 1.29 is 9.53 Å². The van der Waals surface area contributed by atoms with E-state index in [2.05, 4.69) is 51.5 Å². The Morgan fingerprint density at radius 1 is 0.963 bits per heavy atom. The Balaban J connectivity index is 1.16. The van der Waals surface area contributed by atoms with E-state index < -0.39 is 0 Å². The quantitative estimate of drug-likeness (QED) is 0.847. The van der Waals surface area contributed by atoms with Gasteiger partial charge in [-0.25, -0.2) is 0 Å². The van der Waals surface area contributed by atoms with Gasteiger partial charge in [0, 0.05) is 37.1 Å². The second-order valence-corrected chi connectivity index (χ2v) is 7.68. The summed E-state index contributed by atoms with van der Waals surface area (Å²) in [5.74, 6) is 0.116. The second kappa shape index (κ2) is 6.98. The third-order valence-corrected chi connectivity index (χ3v) is 5.96. The molecule has 2 heterocycles. The van der Waals surface area contributed by atoms with Crippen LogP contribution in [0.25, 0.3) is 0 Å². The van der Waals surface area contributed by atoms with E-state index in [1.54, 1.807) is 0 Å². The normalized spacial score (nSPS) is 24.5. The predicted molar refractivity (Wildman–Crippen MR) is 106 cm³/mol. The number of ether oxygens (including phenoxy) is 1. The molecule has 2 aliphatic heterocycles. The lowest BCUT2D eigenvalue weighted by Crippen LogP contribution is -2.36. The number of fused-ring (bicyclic) bond motifs is 1. The number of anilines is 2. The first kappa shape index (κ1) is 16.8. The average Bonchev–Trinajstić information content (AvgIpc) is 3.41.